The van der Waals surface area contributed by atoms with Crippen LogP contribution in [0.4, 0.5) is 11.5 Å². The summed E-state index contributed by atoms with van der Waals surface area (Å²) in [7, 11) is 1.65. The second-order valence-corrected chi connectivity index (χ2v) is 10.6. The van der Waals surface area contributed by atoms with Gasteiger partial charge in [0.25, 0.3) is 5.69 Å². The van der Waals surface area contributed by atoms with E-state index in [9.17, 15) is 14.9 Å². The lowest BCUT2D eigenvalue weighted by Crippen LogP contribution is -2.44. The van der Waals surface area contributed by atoms with Crippen LogP contribution in [0.1, 0.15) is 54.7 Å². The van der Waals surface area contributed by atoms with Crippen LogP contribution in [0.25, 0.3) is 16.5 Å². The van der Waals surface area contributed by atoms with Crippen LogP contribution in [0.15, 0.2) is 36.4 Å². The number of aryl methyl sites for hydroxylation is 2. The zero-order valence-electron chi connectivity index (χ0n) is 23.4. The number of rotatable bonds is 7. The van der Waals surface area contributed by atoms with Crippen LogP contribution in [0.5, 0.6) is 5.75 Å². The molecule has 3 aromatic rings. The topological polar surface area (TPSA) is 120 Å². The molecule has 1 aliphatic heterocycles. The molecule has 1 unspecified atom stereocenters. The Balaban J connectivity index is 1.45. The Kier molecular flexibility index (Phi) is 7.97. The predicted octanol–water partition coefficient (Wildman–Crippen LogP) is 5.38. The summed E-state index contributed by atoms with van der Waals surface area (Å²) in [6.45, 7) is 8.17. The number of aromatic nitrogens is 2. The highest BCUT2D eigenvalue weighted by molar-refractivity contribution is 5.94. The van der Waals surface area contributed by atoms with Crippen molar-refractivity contribution in [1.29, 1.82) is 0 Å². The molecule has 1 aliphatic carbocycles. The number of nitrogens with zero attached hydrogens (tertiary/aromatic N) is 4. The molecule has 2 aliphatic rings. The fraction of sp³-hybridized carbons (Fsp3) is 0.433. The van der Waals surface area contributed by atoms with Crippen molar-refractivity contribution < 1.29 is 19.2 Å². The Bertz CT molecular complexity index is 1480. The first kappa shape index (κ1) is 27.5. The molecular formula is C30H35N5O5. The van der Waals surface area contributed by atoms with Crippen LogP contribution in [0.3, 0.4) is 0 Å². The van der Waals surface area contributed by atoms with E-state index in [0.717, 1.165) is 51.8 Å². The van der Waals surface area contributed by atoms with E-state index in [2.05, 4.69) is 22.4 Å². The highest BCUT2D eigenvalue weighted by Gasteiger charge is 2.28. The van der Waals surface area contributed by atoms with Crippen molar-refractivity contribution >= 4 is 33.9 Å². The number of morpholine rings is 1. The number of non-ortho nitro benzene ring substituents is 1. The molecule has 0 radical (unpaired) electrons. The highest BCUT2D eigenvalue weighted by atomic mass is 16.6. The Morgan fingerprint density at radius 2 is 1.95 bits per heavy atom. The maximum absolute atomic E-state index is 13.0. The zero-order valence-corrected chi connectivity index (χ0v) is 23.4. The first-order valence-electron chi connectivity index (χ1n) is 13.7. The van der Waals surface area contributed by atoms with E-state index in [1.54, 1.807) is 19.2 Å². The lowest BCUT2D eigenvalue weighted by Gasteiger charge is -2.31. The van der Waals surface area contributed by atoms with Crippen LogP contribution in [0, 0.1) is 29.9 Å². The van der Waals surface area contributed by atoms with E-state index < -0.39 is 0 Å². The SMILES string of the molecule is COc1cc2nc(C)nc(N[C@H](C)c3cc(C)cc([N+](=O)[O-])c3)c2cc1C1=CCC(C(=O)N2CCOCC2)CC1. The van der Waals surface area contributed by atoms with E-state index >= 15 is 0 Å². The van der Waals surface area contributed by atoms with Crippen LogP contribution < -0.4 is 10.1 Å². The molecule has 10 heteroatoms. The lowest BCUT2D eigenvalue weighted by molar-refractivity contribution is -0.385. The van der Waals surface area contributed by atoms with Gasteiger partial charge < -0.3 is 19.7 Å². The number of allylic oxidation sites excluding steroid dienone is 2. The van der Waals surface area contributed by atoms with Gasteiger partial charge in [0.15, 0.2) is 0 Å². The fourth-order valence-electron chi connectivity index (χ4n) is 5.58. The number of nitro benzene ring substituents is 1. The van der Waals surface area contributed by atoms with Gasteiger partial charge in [0.1, 0.15) is 17.4 Å². The van der Waals surface area contributed by atoms with Crippen LogP contribution in [-0.4, -0.2) is 59.1 Å². The molecule has 40 heavy (non-hydrogen) atoms. The van der Waals surface area contributed by atoms with Crippen molar-refractivity contribution in [3.05, 3.63) is 69.0 Å². The number of methoxy groups -OCH3 is 1. The number of hydrogen-bond donors (Lipinski definition) is 1. The molecule has 1 saturated heterocycles. The van der Waals surface area contributed by atoms with Gasteiger partial charge in [-0.2, -0.15) is 0 Å². The number of nitro groups is 1. The molecule has 0 saturated carbocycles. The molecule has 1 aromatic heterocycles. The average molecular weight is 546 g/mol. The van der Waals surface area contributed by atoms with Crippen molar-refractivity contribution in [3.8, 4) is 5.75 Å². The predicted molar refractivity (Wildman–Crippen MR) is 153 cm³/mol. The minimum Gasteiger partial charge on any atom is -0.496 e. The smallest absolute Gasteiger partial charge is 0.270 e. The summed E-state index contributed by atoms with van der Waals surface area (Å²) < 4.78 is 11.2. The monoisotopic (exact) mass is 545 g/mol. The Labute approximate surface area is 233 Å². The fourth-order valence-corrected chi connectivity index (χ4v) is 5.58. The summed E-state index contributed by atoms with van der Waals surface area (Å²) in [5.41, 5.74) is 4.53. The van der Waals surface area contributed by atoms with Gasteiger partial charge in [0.2, 0.25) is 5.91 Å². The number of carbonyl (C=O) groups excluding carboxylic acids is 1. The normalized spacial score (nSPS) is 18.2. The first-order chi connectivity index (χ1) is 19.2. The first-order valence-corrected chi connectivity index (χ1v) is 13.7. The van der Waals surface area contributed by atoms with Gasteiger partial charge in [-0.1, -0.05) is 12.1 Å². The van der Waals surface area contributed by atoms with Gasteiger partial charge in [-0.15, -0.1) is 0 Å². The molecule has 10 nitrogen and oxygen atoms in total. The summed E-state index contributed by atoms with van der Waals surface area (Å²) in [6.07, 6.45) is 4.39. The molecule has 0 spiro atoms. The molecule has 1 amide bonds. The third-order valence-corrected chi connectivity index (χ3v) is 7.71. The van der Waals surface area contributed by atoms with Gasteiger partial charge in [-0.05, 0) is 62.8 Å². The number of benzene rings is 2. The Morgan fingerprint density at radius 1 is 1.18 bits per heavy atom. The number of amides is 1. The minimum atomic E-state index is -0.372. The van der Waals surface area contributed by atoms with E-state index in [1.807, 2.05) is 37.8 Å². The molecule has 1 N–H and O–H groups in total. The maximum Gasteiger partial charge on any atom is 0.270 e. The molecule has 2 aromatic carbocycles. The van der Waals surface area contributed by atoms with E-state index in [0.29, 0.717) is 44.4 Å². The van der Waals surface area contributed by atoms with Crippen molar-refractivity contribution in [3.63, 3.8) is 0 Å². The van der Waals surface area contributed by atoms with Crippen LogP contribution >= 0.6 is 0 Å². The molecule has 5 rings (SSSR count). The lowest BCUT2D eigenvalue weighted by atomic mass is 9.85. The van der Waals surface area contributed by atoms with Crippen LogP contribution in [-0.2, 0) is 9.53 Å². The van der Waals surface area contributed by atoms with E-state index in [4.69, 9.17) is 14.5 Å². The summed E-state index contributed by atoms with van der Waals surface area (Å²) in [5.74, 6) is 2.18. The highest BCUT2D eigenvalue weighted by Crippen LogP contribution is 2.39. The number of anilines is 1. The molecular weight excluding hydrogens is 510 g/mol. The second-order valence-electron chi connectivity index (χ2n) is 10.6. The summed E-state index contributed by atoms with van der Waals surface area (Å²) in [4.78, 5) is 35.3. The second kappa shape index (κ2) is 11.6. The Morgan fingerprint density at radius 3 is 2.62 bits per heavy atom. The molecule has 0 bridgehead atoms. The summed E-state index contributed by atoms with van der Waals surface area (Å²) in [5, 5.41) is 15.7. The quantitative estimate of drug-likeness (QED) is 0.310. The van der Waals surface area contributed by atoms with E-state index in [-0.39, 0.29) is 28.5 Å². The van der Waals surface area contributed by atoms with E-state index in [1.165, 1.54) is 0 Å². The van der Waals surface area contributed by atoms with Gasteiger partial charge >= 0.3 is 0 Å². The average Bonchev–Trinajstić information content (AvgIpc) is 2.96. The third kappa shape index (κ3) is 5.77. The van der Waals surface area contributed by atoms with Crippen LogP contribution in [0.2, 0.25) is 0 Å². The van der Waals surface area contributed by atoms with Crippen molar-refractivity contribution in [2.45, 2.75) is 46.1 Å². The zero-order chi connectivity index (χ0) is 28.4. The summed E-state index contributed by atoms with van der Waals surface area (Å²) in [6, 6.07) is 8.85. The molecule has 2 heterocycles. The van der Waals surface area contributed by atoms with Crippen molar-refractivity contribution in [1.82, 2.24) is 14.9 Å². The maximum atomic E-state index is 13.0. The number of hydrogen-bond acceptors (Lipinski definition) is 8. The number of ether oxygens (including phenoxy) is 2. The standard InChI is InChI=1S/C30H35N5O5/c1-18-13-23(15-24(14-18)35(37)38)19(2)31-29-26-16-25(28(39-4)17-27(26)32-20(3)33-29)21-5-7-22(8-6-21)30(36)34-9-11-40-12-10-34/h5,13-17,19,22H,6-12H2,1-4H3,(H,31,32,33)/t19-,22?/m1/s1. The van der Waals surface area contributed by atoms with Gasteiger partial charge in [-0.25, -0.2) is 9.97 Å². The molecule has 1 fully saturated rings. The minimum absolute atomic E-state index is 0.0178. The Hall–Kier alpha value is -4.05. The number of carbonyl (C=O) groups is 1. The molecule has 210 valence electrons. The van der Waals surface area contributed by atoms with Gasteiger partial charge in [0.05, 0.1) is 36.8 Å². The number of nitrogens with one attached hydrogen (secondary N) is 1. The van der Waals surface area contributed by atoms with Gasteiger partial charge in [-0.3, -0.25) is 14.9 Å². The van der Waals surface area contributed by atoms with Crippen molar-refractivity contribution in [2.75, 3.05) is 38.7 Å². The van der Waals surface area contributed by atoms with Gasteiger partial charge in [0, 0.05) is 48.2 Å². The number of fused-ring (bicyclic) bond motifs is 1. The summed E-state index contributed by atoms with van der Waals surface area (Å²) >= 11 is 0. The molecule has 2 atom stereocenters. The van der Waals surface area contributed by atoms with Crippen molar-refractivity contribution in [2.24, 2.45) is 5.92 Å². The third-order valence-electron chi connectivity index (χ3n) is 7.71. The largest absolute Gasteiger partial charge is 0.496 e.